The Bertz CT molecular complexity index is 896. The van der Waals surface area contributed by atoms with E-state index in [1.54, 1.807) is 38.4 Å². The molecule has 0 radical (unpaired) electrons. The Morgan fingerprint density at radius 3 is 2.48 bits per heavy atom. The molecule has 7 nitrogen and oxygen atoms in total. The molecule has 0 aliphatic carbocycles. The van der Waals surface area contributed by atoms with Crippen LogP contribution >= 0.6 is 11.6 Å². The van der Waals surface area contributed by atoms with E-state index >= 15 is 0 Å². The predicted octanol–water partition coefficient (Wildman–Crippen LogP) is 3.28. The van der Waals surface area contributed by atoms with Gasteiger partial charge in [-0.2, -0.15) is 5.10 Å². The second-order valence-corrected chi connectivity index (χ2v) is 6.81. The monoisotopic (exact) mass is 417 g/mol. The summed E-state index contributed by atoms with van der Waals surface area (Å²) in [6.45, 7) is 4.00. The third kappa shape index (κ3) is 6.50. The highest BCUT2D eigenvalue weighted by Gasteiger charge is 2.15. The number of carbonyl (C=O) groups excluding carboxylic acids is 2. The molecule has 0 aliphatic heterocycles. The molecule has 0 spiro atoms. The Labute approximate surface area is 175 Å². The highest BCUT2D eigenvalue weighted by Crippen LogP contribution is 2.36. The second kappa shape index (κ2) is 10.5. The molecule has 0 aromatic heterocycles. The van der Waals surface area contributed by atoms with Crippen LogP contribution in [0.25, 0.3) is 0 Å². The molecule has 2 aromatic rings. The van der Waals surface area contributed by atoms with Gasteiger partial charge in [0.05, 0.1) is 17.8 Å². The van der Waals surface area contributed by atoms with Crippen LogP contribution in [0.3, 0.4) is 0 Å². The minimum atomic E-state index is -0.320. The quantitative estimate of drug-likeness (QED) is 0.528. The molecule has 0 bridgehead atoms. The summed E-state index contributed by atoms with van der Waals surface area (Å²) in [4.78, 5) is 25.3. The van der Waals surface area contributed by atoms with Gasteiger partial charge < -0.3 is 14.4 Å². The molecule has 29 heavy (non-hydrogen) atoms. The van der Waals surface area contributed by atoms with Crippen LogP contribution in [0.15, 0.2) is 41.5 Å². The number of benzene rings is 2. The number of likely N-dealkylation sites (N-methyl/N-ethyl adjacent to an activating group) is 1. The minimum absolute atomic E-state index is 0.160. The zero-order chi connectivity index (χ0) is 21.4. The van der Waals surface area contributed by atoms with Crippen LogP contribution in [0.2, 0.25) is 5.02 Å². The lowest BCUT2D eigenvalue weighted by atomic mass is 10.1. The molecule has 1 N–H and O–H groups in total. The normalized spacial score (nSPS) is 10.7. The van der Waals surface area contributed by atoms with E-state index in [0.29, 0.717) is 23.5 Å². The third-order valence-electron chi connectivity index (χ3n) is 3.86. The lowest BCUT2D eigenvalue weighted by molar-refractivity contribution is -0.130. The SMILES string of the molecule is CCOc1cc(/C=N\NC(=O)c2ccc(C)cc2)cc(Cl)c1OCC(=O)N(C)C. The number of hydrogen-bond acceptors (Lipinski definition) is 5. The number of hydrazone groups is 1. The van der Waals surface area contributed by atoms with Gasteiger partial charge in [0.15, 0.2) is 18.1 Å². The van der Waals surface area contributed by atoms with Gasteiger partial charge in [-0.05, 0) is 43.7 Å². The Morgan fingerprint density at radius 1 is 1.17 bits per heavy atom. The Hall–Kier alpha value is -3.06. The summed E-state index contributed by atoms with van der Waals surface area (Å²) in [6, 6.07) is 10.4. The maximum absolute atomic E-state index is 12.1. The van der Waals surface area contributed by atoms with Gasteiger partial charge in [-0.15, -0.1) is 0 Å². The summed E-state index contributed by atoms with van der Waals surface area (Å²) in [6.07, 6.45) is 1.45. The second-order valence-electron chi connectivity index (χ2n) is 6.40. The first-order chi connectivity index (χ1) is 13.8. The number of nitrogens with one attached hydrogen (secondary N) is 1. The van der Waals surface area contributed by atoms with Gasteiger partial charge in [-0.1, -0.05) is 29.3 Å². The fourth-order valence-corrected chi connectivity index (χ4v) is 2.54. The van der Waals surface area contributed by atoms with Crippen LogP contribution in [0.5, 0.6) is 11.5 Å². The third-order valence-corrected chi connectivity index (χ3v) is 4.14. The van der Waals surface area contributed by atoms with Gasteiger partial charge in [0, 0.05) is 19.7 Å². The predicted molar refractivity (Wildman–Crippen MR) is 113 cm³/mol. The zero-order valence-corrected chi connectivity index (χ0v) is 17.6. The van der Waals surface area contributed by atoms with Crippen molar-refractivity contribution in [3.63, 3.8) is 0 Å². The van der Waals surface area contributed by atoms with E-state index in [0.717, 1.165) is 5.56 Å². The van der Waals surface area contributed by atoms with E-state index in [-0.39, 0.29) is 29.2 Å². The Balaban J connectivity index is 2.12. The molecular formula is C21H24ClN3O4. The van der Waals surface area contributed by atoms with Gasteiger partial charge in [0.1, 0.15) is 0 Å². The molecule has 2 amide bonds. The fraction of sp³-hybridized carbons (Fsp3) is 0.286. The van der Waals surface area contributed by atoms with Crippen LogP contribution in [-0.4, -0.2) is 50.2 Å². The summed E-state index contributed by atoms with van der Waals surface area (Å²) < 4.78 is 11.1. The summed E-state index contributed by atoms with van der Waals surface area (Å²) in [5, 5.41) is 4.24. The topological polar surface area (TPSA) is 80.2 Å². The van der Waals surface area contributed by atoms with Crippen LogP contribution in [0, 0.1) is 6.92 Å². The van der Waals surface area contributed by atoms with Crippen molar-refractivity contribution in [2.75, 3.05) is 27.3 Å². The van der Waals surface area contributed by atoms with Crippen molar-refractivity contribution in [1.82, 2.24) is 10.3 Å². The van der Waals surface area contributed by atoms with Gasteiger partial charge in [0.2, 0.25) is 0 Å². The molecular weight excluding hydrogens is 394 g/mol. The number of carbonyl (C=O) groups is 2. The molecule has 0 atom stereocenters. The Morgan fingerprint density at radius 2 is 1.86 bits per heavy atom. The molecule has 2 aromatic carbocycles. The standard InChI is InChI=1S/C21H24ClN3O4/c1-5-28-18-11-15(10-17(22)20(18)29-13-19(26)25(3)4)12-23-24-21(27)16-8-6-14(2)7-9-16/h6-12H,5,13H2,1-4H3,(H,24,27)/b23-12-. The maximum Gasteiger partial charge on any atom is 0.271 e. The van der Waals surface area contributed by atoms with Gasteiger partial charge in [-0.25, -0.2) is 5.43 Å². The lowest BCUT2D eigenvalue weighted by Crippen LogP contribution is -2.27. The van der Waals surface area contributed by atoms with Crippen LogP contribution in [0.4, 0.5) is 0 Å². The van der Waals surface area contributed by atoms with E-state index in [4.69, 9.17) is 21.1 Å². The van der Waals surface area contributed by atoms with Crippen LogP contribution in [-0.2, 0) is 4.79 Å². The number of nitrogens with zero attached hydrogens (tertiary/aromatic N) is 2. The summed E-state index contributed by atoms with van der Waals surface area (Å²) in [5.41, 5.74) is 4.65. The number of rotatable bonds is 8. The van der Waals surface area contributed by atoms with E-state index in [2.05, 4.69) is 10.5 Å². The highest BCUT2D eigenvalue weighted by atomic mass is 35.5. The molecule has 2 rings (SSSR count). The summed E-state index contributed by atoms with van der Waals surface area (Å²) in [7, 11) is 3.28. The van der Waals surface area contributed by atoms with Crippen molar-refractivity contribution >= 4 is 29.6 Å². The number of amides is 2. The first-order valence-electron chi connectivity index (χ1n) is 9.01. The average molecular weight is 418 g/mol. The van der Waals surface area contributed by atoms with E-state index in [1.165, 1.54) is 11.1 Å². The number of halogens is 1. The molecule has 8 heteroatoms. The first-order valence-corrected chi connectivity index (χ1v) is 9.39. The van der Waals surface area contributed by atoms with Crippen LogP contribution < -0.4 is 14.9 Å². The van der Waals surface area contributed by atoms with E-state index in [1.807, 2.05) is 26.0 Å². The number of ether oxygens (including phenoxy) is 2. The minimum Gasteiger partial charge on any atom is -0.490 e. The summed E-state index contributed by atoms with van der Waals surface area (Å²) in [5.74, 6) is 0.148. The van der Waals surface area contributed by atoms with Crippen molar-refractivity contribution in [2.24, 2.45) is 5.10 Å². The smallest absolute Gasteiger partial charge is 0.271 e. The van der Waals surface area contributed by atoms with Crippen molar-refractivity contribution in [2.45, 2.75) is 13.8 Å². The van der Waals surface area contributed by atoms with Gasteiger partial charge in [-0.3, -0.25) is 9.59 Å². The first kappa shape index (κ1) is 22.2. The van der Waals surface area contributed by atoms with Crippen LogP contribution in [0.1, 0.15) is 28.4 Å². The molecule has 0 saturated heterocycles. The molecule has 0 aliphatic rings. The molecule has 0 heterocycles. The van der Waals surface area contributed by atoms with Gasteiger partial charge >= 0.3 is 0 Å². The number of aryl methyl sites for hydroxylation is 1. The van der Waals surface area contributed by atoms with Crippen molar-refractivity contribution in [3.05, 3.63) is 58.1 Å². The highest BCUT2D eigenvalue weighted by molar-refractivity contribution is 6.32. The summed E-state index contributed by atoms with van der Waals surface area (Å²) >= 11 is 6.31. The zero-order valence-electron chi connectivity index (χ0n) is 16.9. The fourth-order valence-electron chi connectivity index (χ4n) is 2.26. The number of hydrogen-bond donors (Lipinski definition) is 1. The molecule has 154 valence electrons. The lowest BCUT2D eigenvalue weighted by Gasteiger charge is -2.16. The molecule has 0 saturated carbocycles. The molecule has 0 unspecified atom stereocenters. The van der Waals surface area contributed by atoms with Gasteiger partial charge in [0.25, 0.3) is 11.8 Å². The maximum atomic E-state index is 12.1. The molecule has 0 fully saturated rings. The average Bonchev–Trinajstić information content (AvgIpc) is 2.67. The van der Waals surface area contributed by atoms with Crippen molar-refractivity contribution in [3.8, 4) is 11.5 Å². The van der Waals surface area contributed by atoms with E-state index in [9.17, 15) is 9.59 Å². The van der Waals surface area contributed by atoms with E-state index < -0.39 is 0 Å². The van der Waals surface area contributed by atoms with Crippen molar-refractivity contribution < 1.29 is 19.1 Å². The Kier molecular flexibility index (Phi) is 8.03. The largest absolute Gasteiger partial charge is 0.490 e. The van der Waals surface area contributed by atoms with Crippen molar-refractivity contribution in [1.29, 1.82) is 0 Å².